The molecule has 0 aliphatic heterocycles. The predicted molar refractivity (Wildman–Crippen MR) is 153 cm³/mol. The number of benzene rings is 3. The van der Waals surface area contributed by atoms with Crippen molar-refractivity contribution >= 4 is 57.6 Å². The van der Waals surface area contributed by atoms with Gasteiger partial charge in [0, 0.05) is 28.4 Å². The van der Waals surface area contributed by atoms with E-state index in [0.29, 0.717) is 22.7 Å². The second kappa shape index (κ2) is 11.0. The van der Waals surface area contributed by atoms with Gasteiger partial charge >= 0.3 is 0 Å². The van der Waals surface area contributed by atoms with E-state index in [1.807, 2.05) is 73.7 Å². The Labute approximate surface area is 224 Å². The Morgan fingerprint density at radius 3 is 2.42 bits per heavy atom. The van der Waals surface area contributed by atoms with Gasteiger partial charge in [-0.15, -0.1) is 0 Å². The van der Waals surface area contributed by atoms with Gasteiger partial charge in [-0.25, -0.2) is 0 Å². The summed E-state index contributed by atoms with van der Waals surface area (Å²) in [5.41, 5.74) is 3.71. The van der Waals surface area contributed by atoms with Crippen molar-refractivity contribution < 1.29 is 18.4 Å². The van der Waals surface area contributed by atoms with E-state index in [1.54, 1.807) is 30.3 Å². The van der Waals surface area contributed by atoms with Crippen molar-refractivity contribution in [3.05, 3.63) is 114 Å². The SMILES string of the molecule is Cc1cc(NC(=S)NC(=O)/C=C/c2ccc(-c3ccccc3)o2)ccc1NC(=O)c1cc2ccccc2o1. The first-order valence-corrected chi connectivity index (χ1v) is 12.2. The summed E-state index contributed by atoms with van der Waals surface area (Å²) in [5, 5.41) is 9.45. The third-order valence-electron chi connectivity index (χ3n) is 5.70. The number of carbonyl (C=O) groups excluding carboxylic acids is 2. The van der Waals surface area contributed by atoms with Crippen LogP contribution in [0.1, 0.15) is 21.9 Å². The van der Waals surface area contributed by atoms with Crippen LogP contribution in [-0.2, 0) is 4.79 Å². The van der Waals surface area contributed by atoms with Crippen molar-refractivity contribution in [3.63, 3.8) is 0 Å². The molecule has 188 valence electrons. The minimum Gasteiger partial charge on any atom is -0.457 e. The molecule has 38 heavy (non-hydrogen) atoms. The number of rotatable bonds is 6. The number of hydrogen-bond acceptors (Lipinski definition) is 5. The first-order valence-electron chi connectivity index (χ1n) is 11.8. The van der Waals surface area contributed by atoms with Crippen LogP contribution in [0.2, 0.25) is 0 Å². The molecule has 0 radical (unpaired) electrons. The van der Waals surface area contributed by atoms with E-state index >= 15 is 0 Å². The molecule has 0 saturated heterocycles. The summed E-state index contributed by atoms with van der Waals surface area (Å²) in [4.78, 5) is 25.0. The zero-order chi connectivity index (χ0) is 26.5. The van der Waals surface area contributed by atoms with E-state index in [-0.39, 0.29) is 16.8 Å². The summed E-state index contributed by atoms with van der Waals surface area (Å²) in [6.45, 7) is 1.86. The highest BCUT2D eigenvalue weighted by Crippen LogP contribution is 2.24. The topological polar surface area (TPSA) is 96.5 Å². The molecule has 2 heterocycles. The highest BCUT2D eigenvalue weighted by molar-refractivity contribution is 7.80. The van der Waals surface area contributed by atoms with Crippen molar-refractivity contribution in [2.75, 3.05) is 10.6 Å². The summed E-state index contributed by atoms with van der Waals surface area (Å²) >= 11 is 5.27. The summed E-state index contributed by atoms with van der Waals surface area (Å²) in [7, 11) is 0. The summed E-state index contributed by atoms with van der Waals surface area (Å²) in [6, 6.07) is 27.8. The molecule has 3 aromatic carbocycles. The fraction of sp³-hybridized carbons (Fsp3) is 0.0333. The number of fused-ring (bicyclic) bond motifs is 1. The normalized spacial score (nSPS) is 11.0. The van der Waals surface area contributed by atoms with Crippen molar-refractivity contribution in [2.45, 2.75) is 6.92 Å². The van der Waals surface area contributed by atoms with Gasteiger partial charge in [-0.2, -0.15) is 0 Å². The Kier molecular flexibility index (Phi) is 7.15. The molecule has 0 bridgehead atoms. The molecule has 2 amide bonds. The van der Waals surface area contributed by atoms with Crippen LogP contribution in [-0.4, -0.2) is 16.9 Å². The summed E-state index contributed by atoms with van der Waals surface area (Å²) in [6.07, 6.45) is 2.93. The number of para-hydroxylation sites is 1. The van der Waals surface area contributed by atoms with E-state index in [4.69, 9.17) is 21.1 Å². The number of thiocarbonyl (C=S) groups is 1. The van der Waals surface area contributed by atoms with Gasteiger partial charge in [0.15, 0.2) is 10.9 Å². The maximum atomic E-state index is 12.7. The molecule has 3 N–H and O–H groups in total. The van der Waals surface area contributed by atoms with Crippen molar-refractivity contribution in [2.24, 2.45) is 0 Å². The van der Waals surface area contributed by atoms with Crippen molar-refractivity contribution in [3.8, 4) is 11.3 Å². The largest absolute Gasteiger partial charge is 0.457 e. The minimum absolute atomic E-state index is 0.141. The molecular weight excluding hydrogens is 498 g/mol. The number of nitrogens with one attached hydrogen (secondary N) is 3. The molecule has 0 spiro atoms. The average molecular weight is 522 g/mol. The first-order chi connectivity index (χ1) is 18.4. The van der Waals surface area contributed by atoms with Gasteiger partial charge in [-0.05, 0) is 73.2 Å². The third-order valence-corrected chi connectivity index (χ3v) is 5.91. The van der Waals surface area contributed by atoms with Gasteiger partial charge < -0.3 is 19.5 Å². The number of hydrogen-bond donors (Lipinski definition) is 3. The van der Waals surface area contributed by atoms with Crippen LogP contribution in [0, 0.1) is 6.92 Å². The zero-order valence-electron chi connectivity index (χ0n) is 20.4. The maximum absolute atomic E-state index is 12.7. The highest BCUT2D eigenvalue weighted by atomic mass is 32.1. The van der Waals surface area contributed by atoms with Crippen LogP contribution in [0.4, 0.5) is 11.4 Å². The summed E-state index contributed by atoms with van der Waals surface area (Å²) < 4.78 is 11.4. The van der Waals surface area contributed by atoms with E-state index in [2.05, 4.69) is 16.0 Å². The fourth-order valence-corrected chi connectivity index (χ4v) is 4.05. The number of aryl methyl sites for hydroxylation is 1. The first kappa shape index (κ1) is 24.7. The molecule has 5 rings (SSSR count). The molecule has 0 saturated carbocycles. The highest BCUT2D eigenvalue weighted by Gasteiger charge is 2.14. The van der Waals surface area contributed by atoms with Crippen LogP contribution in [0.15, 0.2) is 106 Å². The standard InChI is InChI=1S/C30H23N3O4S/c1-19-17-22(11-14-24(19)32-29(35)27-18-21-9-5-6-10-25(21)37-27)31-30(38)33-28(34)16-13-23-12-15-26(36-23)20-7-3-2-4-8-20/h2-18H,1H3,(H,32,35)(H2,31,33,34,38)/b16-13+. The Morgan fingerprint density at radius 1 is 0.842 bits per heavy atom. The van der Waals surface area contributed by atoms with Crippen LogP contribution < -0.4 is 16.0 Å². The van der Waals surface area contributed by atoms with Crippen molar-refractivity contribution in [1.29, 1.82) is 0 Å². The molecule has 2 aromatic heterocycles. The lowest BCUT2D eigenvalue weighted by molar-refractivity contribution is -0.115. The van der Waals surface area contributed by atoms with E-state index < -0.39 is 5.91 Å². The third kappa shape index (κ3) is 5.88. The van der Waals surface area contributed by atoms with Gasteiger partial charge in [0.25, 0.3) is 5.91 Å². The molecule has 0 fully saturated rings. The molecule has 0 aliphatic rings. The Morgan fingerprint density at radius 2 is 1.63 bits per heavy atom. The number of carbonyl (C=O) groups is 2. The number of amides is 2. The Bertz CT molecular complexity index is 1630. The lowest BCUT2D eigenvalue weighted by Crippen LogP contribution is -2.32. The second-order valence-corrected chi connectivity index (χ2v) is 8.89. The van der Waals surface area contributed by atoms with Crippen LogP contribution in [0.3, 0.4) is 0 Å². The number of furan rings is 2. The van der Waals surface area contributed by atoms with Crippen LogP contribution in [0.25, 0.3) is 28.4 Å². The fourth-order valence-electron chi connectivity index (χ4n) is 3.83. The zero-order valence-corrected chi connectivity index (χ0v) is 21.2. The lowest BCUT2D eigenvalue weighted by atomic mass is 10.1. The maximum Gasteiger partial charge on any atom is 0.291 e. The van der Waals surface area contributed by atoms with Gasteiger partial charge in [-0.3, -0.25) is 14.9 Å². The molecular formula is C30H23N3O4S. The van der Waals surface area contributed by atoms with E-state index in [0.717, 1.165) is 22.3 Å². The molecule has 0 atom stereocenters. The molecule has 7 nitrogen and oxygen atoms in total. The Balaban J connectivity index is 1.15. The lowest BCUT2D eigenvalue weighted by Gasteiger charge is -2.12. The van der Waals surface area contributed by atoms with E-state index in [9.17, 15) is 9.59 Å². The quantitative estimate of drug-likeness (QED) is 0.168. The van der Waals surface area contributed by atoms with Crippen LogP contribution >= 0.6 is 12.2 Å². The molecule has 5 aromatic rings. The summed E-state index contributed by atoms with van der Waals surface area (Å²) in [5.74, 6) is 0.762. The van der Waals surface area contributed by atoms with Gasteiger partial charge in [-0.1, -0.05) is 48.5 Å². The monoisotopic (exact) mass is 521 g/mol. The molecule has 0 aliphatic carbocycles. The molecule has 8 heteroatoms. The smallest absolute Gasteiger partial charge is 0.291 e. The Hall–Kier alpha value is -4.95. The van der Waals surface area contributed by atoms with E-state index in [1.165, 1.54) is 6.08 Å². The van der Waals surface area contributed by atoms with Crippen molar-refractivity contribution in [1.82, 2.24) is 5.32 Å². The van der Waals surface area contributed by atoms with Gasteiger partial charge in [0.05, 0.1) is 0 Å². The second-order valence-electron chi connectivity index (χ2n) is 8.48. The van der Waals surface area contributed by atoms with Gasteiger partial charge in [0.2, 0.25) is 5.91 Å². The van der Waals surface area contributed by atoms with Gasteiger partial charge in [0.1, 0.15) is 17.1 Å². The average Bonchev–Trinajstić information content (AvgIpc) is 3.57. The van der Waals surface area contributed by atoms with Crippen LogP contribution in [0.5, 0.6) is 0 Å². The minimum atomic E-state index is -0.397. The molecule has 0 unspecified atom stereocenters. The predicted octanol–water partition coefficient (Wildman–Crippen LogP) is 6.78. The number of anilines is 2.